The Balaban J connectivity index is 1.47. The van der Waals surface area contributed by atoms with E-state index in [4.69, 9.17) is 4.42 Å². The molecule has 0 bridgehead atoms. The van der Waals surface area contributed by atoms with Crippen LogP contribution in [-0.2, 0) is 0 Å². The van der Waals surface area contributed by atoms with Crippen molar-refractivity contribution in [3.63, 3.8) is 0 Å². The lowest BCUT2D eigenvalue weighted by atomic mass is 10.1. The van der Waals surface area contributed by atoms with Crippen LogP contribution < -0.4 is 10.2 Å². The number of hydrogen-bond donors (Lipinski definition) is 1. The van der Waals surface area contributed by atoms with Gasteiger partial charge in [-0.2, -0.15) is 0 Å². The summed E-state index contributed by atoms with van der Waals surface area (Å²) in [4.78, 5) is 14.8. The molecular formula is C20H20N2O2. The van der Waals surface area contributed by atoms with Crippen LogP contribution in [0.4, 0.5) is 11.4 Å². The summed E-state index contributed by atoms with van der Waals surface area (Å²) in [7, 11) is 0. The Labute approximate surface area is 141 Å². The van der Waals surface area contributed by atoms with Crippen LogP contribution in [0.1, 0.15) is 29.8 Å². The SMILES string of the molecule is O=C(Nc1ccc(N2CCCCC2)cc1)c1cc2ccccc2o1. The average molecular weight is 320 g/mol. The van der Waals surface area contributed by atoms with Gasteiger partial charge in [0.15, 0.2) is 5.76 Å². The molecule has 1 aliphatic rings. The molecule has 2 heterocycles. The molecule has 1 amide bonds. The fourth-order valence-electron chi connectivity index (χ4n) is 3.19. The van der Waals surface area contributed by atoms with Crippen molar-refractivity contribution in [3.8, 4) is 0 Å². The topological polar surface area (TPSA) is 45.5 Å². The van der Waals surface area contributed by atoms with Crippen molar-refractivity contribution < 1.29 is 9.21 Å². The number of furan rings is 1. The summed E-state index contributed by atoms with van der Waals surface area (Å²) >= 11 is 0. The molecule has 1 aromatic heterocycles. The number of benzene rings is 2. The quantitative estimate of drug-likeness (QED) is 0.762. The number of nitrogens with zero attached hydrogens (tertiary/aromatic N) is 1. The van der Waals surface area contributed by atoms with Crippen LogP contribution in [0.25, 0.3) is 11.0 Å². The molecule has 0 aliphatic carbocycles. The van der Waals surface area contributed by atoms with Gasteiger partial charge in [0, 0.05) is 29.9 Å². The Bertz CT molecular complexity index is 812. The number of carbonyl (C=O) groups is 1. The summed E-state index contributed by atoms with van der Waals surface area (Å²) < 4.78 is 5.60. The summed E-state index contributed by atoms with van der Waals surface area (Å²) in [5, 5.41) is 3.83. The summed E-state index contributed by atoms with van der Waals surface area (Å²) in [5.41, 5.74) is 2.72. The van der Waals surface area contributed by atoms with E-state index in [2.05, 4.69) is 22.3 Å². The van der Waals surface area contributed by atoms with Gasteiger partial charge in [-0.15, -0.1) is 0 Å². The lowest BCUT2D eigenvalue weighted by Gasteiger charge is -2.28. The Morgan fingerprint density at radius 3 is 2.46 bits per heavy atom. The van der Waals surface area contributed by atoms with Gasteiger partial charge in [-0.1, -0.05) is 18.2 Å². The molecular weight excluding hydrogens is 300 g/mol. The second-order valence-electron chi connectivity index (χ2n) is 6.20. The summed E-state index contributed by atoms with van der Waals surface area (Å²) in [6, 6.07) is 17.4. The number of nitrogens with one attached hydrogen (secondary N) is 1. The zero-order valence-electron chi connectivity index (χ0n) is 13.5. The minimum absolute atomic E-state index is 0.225. The molecule has 1 N–H and O–H groups in total. The van der Waals surface area contributed by atoms with Gasteiger partial charge < -0.3 is 14.6 Å². The molecule has 4 heteroatoms. The molecule has 1 fully saturated rings. The Morgan fingerprint density at radius 1 is 0.958 bits per heavy atom. The molecule has 24 heavy (non-hydrogen) atoms. The van der Waals surface area contributed by atoms with Crippen LogP contribution in [0, 0.1) is 0 Å². The van der Waals surface area contributed by atoms with E-state index in [1.807, 2.05) is 36.4 Å². The van der Waals surface area contributed by atoms with E-state index < -0.39 is 0 Å². The standard InChI is InChI=1S/C20H20N2O2/c23-20(19-14-15-6-2-3-7-18(15)24-19)21-16-8-10-17(11-9-16)22-12-4-1-5-13-22/h2-3,6-11,14H,1,4-5,12-13H2,(H,21,23). The number of rotatable bonds is 3. The number of amides is 1. The van der Waals surface area contributed by atoms with Gasteiger partial charge in [0.05, 0.1) is 0 Å². The highest BCUT2D eigenvalue weighted by atomic mass is 16.3. The second-order valence-corrected chi connectivity index (χ2v) is 6.20. The highest BCUT2D eigenvalue weighted by Gasteiger charge is 2.13. The van der Waals surface area contributed by atoms with Gasteiger partial charge in [-0.25, -0.2) is 0 Å². The van der Waals surface area contributed by atoms with E-state index in [0.29, 0.717) is 5.76 Å². The Kier molecular flexibility index (Phi) is 3.95. The van der Waals surface area contributed by atoms with E-state index in [9.17, 15) is 4.79 Å². The average Bonchev–Trinajstić information content (AvgIpc) is 3.07. The van der Waals surface area contributed by atoms with Gasteiger partial charge in [0.1, 0.15) is 5.58 Å². The lowest BCUT2D eigenvalue weighted by molar-refractivity contribution is 0.0998. The van der Waals surface area contributed by atoms with Crippen LogP contribution in [0.15, 0.2) is 59.0 Å². The number of hydrogen-bond acceptors (Lipinski definition) is 3. The van der Waals surface area contributed by atoms with Gasteiger partial charge in [-0.05, 0) is 55.7 Å². The number of para-hydroxylation sites is 1. The lowest BCUT2D eigenvalue weighted by Crippen LogP contribution is -2.29. The number of carbonyl (C=O) groups excluding carboxylic acids is 1. The van der Waals surface area contributed by atoms with Gasteiger partial charge in [0.25, 0.3) is 5.91 Å². The van der Waals surface area contributed by atoms with Crippen LogP contribution in [-0.4, -0.2) is 19.0 Å². The summed E-state index contributed by atoms with van der Waals surface area (Å²) in [5.74, 6) is 0.105. The van der Waals surface area contributed by atoms with E-state index >= 15 is 0 Å². The Morgan fingerprint density at radius 2 is 1.71 bits per heavy atom. The predicted octanol–water partition coefficient (Wildman–Crippen LogP) is 4.68. The van der Waals surface area contributed by atoms with Crippen molar-refractivity contribution in [1.82, 2.24) is 0 Å². The fourth-order valence-corrected chi connectivity index (χ4v) is 3.19. The molecule has 2 aromatic carbocycles. The highest BCUT2D eigenvalue weighted by Crippen LogP contribution is 2.23. The van der Waals surface area contributed by atoms with E-state index in [0.717, 1.165) is 29.7 Å². The fraction of sp³-hybridized carbons (Fsp3) is 0.250. The smallest absolute Gasteiger partial charge is 0.291 e. The molecule has 0 unspecified atom stereocenters. The van der Waals surface area contributed by atoms with Crippen LogP contribution in [0.3, 0.4) is 0 Å². The van der Waals surface area contributed by atoms with Crippen LogP contribution in [0.5, 0.6) is 0 Å². The summed E-state index contributed by atoms with van der Waals surface area (Å²) in [6.07, 6.45) is 3.83. The molecule has 1 saturated heterocycles. The molecule has 0 saturated carbocycles. The minimum Gasteiger partial charge on any atom is -0.451 e. The molecule has 122 valence electrons. The second kappa shape index (κ2) is 6.40. The van der Waals surface area contributed by atoms with Crippen molar-refractivity contribution in [2.24, 2.45) is 0 Å². The maximum atomic E-state index is 12.4. The number of piperidine rings is 1. The van der Waals surface area contributed by atoms with Crippen molar-refractivity contribution in [3.05, 3.63) is 60.4 Å². The van der Waals surface area contributed by atoms with Crippen LogP contribution >= 0.6 is 0 Å². The number of fused-ring (bicyclic) bond motifs is 1. The third-order valence-corrected chi connectivity index (χ3v) is 4.50. The van der Waals surface area contributed by atoms with Crippen LogP contribution in [0.2, 0.25) is 0 Å². The molecule has 1 aliphatic heterocycles. The molecule has 4 nitrogen and oxygen atoms in total. The monoisotopic (exact) mass is 320 g/mol. The van der Waals surface area contributed by atoms with E-state index in [-0.39, 0.29) is 5.91 Å². The maximum absolute atomic E-state index is 12.4. The zero-order valence-corrected chi connectivity index (χ0v) is 13.5. The molecule has 0 radical (unpaired) electrons. The zero-order chi connectivity index (χ0) is 16.4. The molecule has 0 spiro atoms. The highest BCUT2D eigenvalue weighted by molar-refractivity contribution is 6.04. The largest absolute Gasteiger partial charge is 0.451 e. The van der Waals surface area contributed by atoms with E-state index in [1.54, 1.807) is 6.07 Å². The molecule has 4 rings (SSSR count). The Hall–Kier alpha value is -2.75. The van der Waals surface area contributed by atoms with Crippen molar-refractivity contribution in [2.45, 2.75) is 19.3 Å². The number of anilines is 2. The first kappa shape index (κ1) is 14.8. The van der Waals surface area contributed by atoms with Crippen molar-refractivity contribution in [1.29, 1.82) is 0 Å². The molecule has 0 atom stereocenters. The van der Waals surface area contributed by atoms with Gasteiger partial charge >= 0.3 is 0 Å². The minimum atomic E-state index is -0.225. The van der Waals surface area contributed by atoms with Crippen molar-refractivity contribution in [2.75, 3.05) is 23.3 Å². The van der Waals surface area contributed by atoms with Gasteiger partial charge in [0.2, 0.25) is 0 Å². The van der Waals surface area contributed by atoms with Gasteiger partial charge in [-0.3, -0.25) is 4.79 Å². The molecule has 3 aromatic rings. The normalized spacial score (nSPS) is 14.8. The first-order valence-electron chi connectivity index (χ1n) is 8.44. The predicted molar refractivity (Wildman–Crippen MR) is 96.7 cm³/mol. The first-order chi connectivity index (χ1) is 11.8. The van der Waals surface area contributed by atoms with Crippen molar-refractivity contribution >= 4 is 28.3 Å². The maximum Gasteiger partial charge on any atom is 0.291 e. The first-order valence-corrected chi connectivity index (χ1v) is 8.44. The van der Waals surface area contributed by atoms with E-state index in [1.165, 1.54) is 24.9 Å². The third-order valence-electron chi connectivity index (χ3n) is 4.50. The summed E-state index contributed by atoms with van der Waals surface area (Å²) in [6.45, 7) is 2.23. The third kappa shape index (κ3) is 3.00.